The van der Waals surface area contributed by atoms with E-state index in [0.717, 1.165) is 4.90 Å². The van der Waals surface area contributed by atoms with E-state index in [0.29, 0.717) is 0 Å². The van der Waals surface area contributed by atoms with Gasteiger partial charge in [-0.05, 0) is 30.1 Å². The number of likely N-dealkylation sites (N-methyl/N-ethyl adjacent to an activating group) is 1. The lowest BCUT2D eigenvalue weighted by atomic mass is 9.81. The van der Waals surface area contributed by atoms with Gasteiger partial charge >= 0.3 is 0 Å². The standard InChI is InChI=1S/C24H38Cl2N10O12/c1-5-24(44,4-38)16(18(45-5)47-15-8(32-22(29)30)11(40)7(31-21(27)28)12(41)14(15)43)48-17-9(13(42)10(39)6(3-37)46-17)36(2)23-34-19(25)33-20(26)35-23/h4-18,37,39-44H,3H2,1-2H3,(H4,27,28,31)(H4,29,30,32)/t5-,6-,7+,8-,9-,10-,11+,12-,13-,14+,15+,16-,17-,18-,24+/m0/s1. The molecule has 0 amide bonds. The van der Waals surface area contributed by atoms with Crippen molar-refractivity contribution < 1.29 is 59.5 Å². The van der Waals surface area contributed by atoms with E-state index < -0.39 is 110 Å². The minimum atomic E-state index is -2.52. The molecule has 22 nitrogen and oxygen atoms in total. The average Bonchev–Trinajstić information content (AvgIpc) is 3.24. The van der Waals surface area contributed by atoms with Gasteiger partial charge in [0.25, 0.3) is 0 Å². The number of rotatable bonds is 10. The number of carbonyl (C=O) groups excluding carboxylic acids is 1. The first kappa shape index (κ1) is 38.0. The highest BCUT2D eigenvalue weighted by atomic mass is 35.5. The highest BCUT2D eigenvalue weighted by molar-refractivity contribution is 6.31. The maximum atomic E-state index is 12.4. The molecule has 48 heavy (non-hydrogen) atoms. The molecule has 1 aromatic heterocycles. The molecule has 3 fully saturated rings. The molecule has 3 aliphatic rings. The quantitative estimate of drug-likeness (QED) is 0.0605. The van der Waals surface area contributed by atoms with Crippen LogP contribution in [-0.4, -0.2) is 174 Å². The van der Waals surface area contributed by atoms with Crippen molar-refractivity contribution in [3.05, 3.63) is 10.6 Å². The van der Waals surface area contributed by atoms with Crippen molar-refractivity contribution in [3.63, 3.8) is 0 Å². The minimum absolute atomic E-state index is 0.0941. The normalized spacial score (nSPS) is 41.4. The number of aromatic nitrogens is 3. The zero-order valence-corrected chi connectivity index (χ0v) is 26.8. The Balaban J connectivity index is 1.73. The summed E-state index contributed by atoms with van der Waals surface area (Å²) in [6, 6.07) is -4.55. The molecule has 3 heterocycles. The van der Waals surface area contributed by atoms with Crippen LogP contribution in [0.25, 0.3) is 0 Å². The van der Waals surface area contributed by atoms with Crippen LogP contribution in [0.3, 0.4) is 0 Å². The smallest absolute Gasteiger partial charge is 0.231 e. The van der Waals surface area contributed by atoms with Crippen LogP contribution in [0.2, 0.25) is 10.6 Å². The second-order valence-electron chi connectivity index (χ2n) is 11.4. The summed E-state index contributed by atoms with van der Waals surface area (Å²) >= 11 is 11.8. The lowest BCUT2D eigenvalue weighted by Crippen LogP contribution is -2.67. The SMILES string of the molecule is C[C@@H]1O[C@@H](O[C@H]2[C@H](O)[C@@H](O)[C@H](N=C(N)N)[C@@H](O)[C@@H]2N=C(N)N)[C@H](O[C@@H]2O[C@@H](CO)[C@H](O)[C@@H](O)[C@@H]2N(C)c2nc(Cl)nc(Cl)n2)[C@@]1(O)C=O. The summed E-state index contributed by atoms with van der Waals surface area (Å²) in [6.45, 7) is 0.473. The predicted molar refractivity (Wildman–Crippen MR) is 162 cm³/mol. The Bertz CT molecular complexity index is 1340. The van der Waals surface area contributed by atoms with E-state index >= 15 is 0 Å². The third-order valence-electron chi connectivity index (χ3n) is 8.30. The van der Waals surface area contributed by atoms with Gasteiger partial charge in [0.05, 0.1) is 12.7 Å². The van der Waals surface area contributed by atoms with Crippen LogP contribution in [0.4, 0.5) is 5.95 Å². The number of aliphatic hydroxyl groups is 7. The molecule has 15 atom stereocenters. The summed E-state index contributed by atoms with van der Waals surface area (Å²) in [5.74, 6) is -1.33. The number of nitrogens with zero attached hydrogens (tertiary/aromatic N) is 6. The number of ether oxygens (including phenoxy) is 4. The third-order valence-corrected chi connectivity index (χ3v) is 8.64. The molecule has 0 bridgehead atoms. The number of halogens is 2. The van der Waals surface area contributed by atoms with Crippen molar-refractivity contribution >= 4 is 47.4 Å². The Kier molecular flexibility index (Phi) is 11.8. The lowest BCUT2D eigenvalue weighted by Gasteiger charge is -2.47. The summed E-state index contributed by atoms with van der Waals surface area (Å²) in [5, 5.41) is 75.5. The molecule has 1 saturated carbocycles. The molecule has 270 valence electrons. The Labute approximate surface area is 281 Å². The maximum Gasteiger partial charge on any atom is 0.231 e. The second-order valence-corrected chi connectivity index (χ2v) is 12.0. The first-order valence-corrected chi connectivity index (χ1v) is 15.0. The monoisotopic (exact) mass is 728 g/mol. The van der Waals surface area contributed by atoms with Gasteiger partial charge in [-0.25, -0.2) is 9.98 Å². The number of aldehydes is 1. The van der Waals surface area contributed by atoms with Crippen molar-refractivity contribution in [2.45, 2.75) is 98.2 Å². The van der Waals surface area contributed by atoms with Crippen LogP contribution in [0, 0.1) is 0 Å². The summed E-state index contributed by atoms with van der Waals surface area (Å²) in [5.41, 5.74) is 19.4. The van der Waals surface area contributed by atoms with Crippen LogP contribution in [-0.2, 0) is 23.7 Å². The van der Waals surface area contributed by atoms with Crippen LogP contribution in [0.5, 0.6) is 0 Å². The zero-order valence-electron chi connectivity index (χ0n) is 25.3. The number of hydrogen-bond donors (Lipinski definition) is 11. The highest BCUT2D eigenvalue weighted by Gasteiger charge is 2.61. The van der Waals surface area contributed by atoms with Gasteiger partial charge in [-0.1, -0.05) is 0 Å². The van der Waals surface area contributed by atoms with E-state index in [1.54, 1.807) is 0 Å². The summed E-state index contributed by atoms with van der Waals surface area (Å²) in [4.78, 5) is 32.7. The average molecular weight is 730 g/mol. The Morgan fingerprint density at radius 2 is 1.48 bits per heavy atom. The Morgan fingerprint density at radius 3 is 2.02 bits per heavy atom. The fourth-order valence-electron chi connectivity index (χ4n) is 5.77. The van der Waals surface area contributed by atoms with E-state index in [1.165, 1.54) is 14.0 Å². The van der Waals surface area contributed by atoms with Crippen molar-refractivity contribution in [2.24, 2.45) is 32.9 Å². The van der Waals surface area contributed by atoms with Crippen LogP contribution >= 0.6 is 23.2 Å². The van der Waals surface area contributed by atoms with Gasteiger partial charge in [0.15, 0.2) is 36.4 Å². The fraction of sp³-hybridized carbons (Fsp3) is 0.750. The third kappa shape index (κ3) is 7.35. The molecule has 0 radical (unpaired) electrons. The first-order chi connectivity index (χ1) is 22.4. The molecule has 2 saturated heterocycles. The molecule has 1 aliphatic carbocycles. The van der Waals surface area contributed by atoms with Crippen LogP contribution in [0.1, 0.15) is 6.92 Å². The molecular weight excluding hydrogens is 691 g/mol. The van der Waals surface area contributed by atoms with Crippen LogP contribution < -0.4 is 27.8 Å². The second kappa shape index (κ2) is 15.0. The molecule has 2 aliphatic heterocycles. The number of anilines is 1. The number of aliphatic imine (C=N–C) groups is 2. The van der Waals surface area contributed by atoms with E-state index in [1.807, 2.05) is 0 Å². The van der Waals surface area contributed by atoms with Crippen molar-refractivity contribution in [2.75, 3.05) is 18.6 Å². The summed E-state index contributed by atoms with van der Waals surface area (Å²) in [6.07, 6.45) is -18.9. The predicted octanol–water partition coefficient (Wildman–Crippen LogP) is -6.75. The fourth-order valence-corrected chi connectivity index (χ4v) is 6.13. The first-order valence-electron chi connectivity index (χ1n) is 14.2. The zero-order chi connectivity index (χ0) is 35.8. The molecular formula is C24H38Cl2N10O12. The van der Waals surface area contributed by atoms with Gasteiger partial charge in [-0.15, -0.1) is 0 Å². The lowest BCUT2D eigenvalue weighted by molar-refractivity contribution is -0.311. The number of guanidine groups is 2. The maximum absolute atomic E-state index is 12.4. The Hall–Kier alpha value is -2.84. The molecule has 1 aromatic rings. The summed E-state index contributed by atoms with van der Waals surface area (Å²) in [7, 11) is 1.34. The molecule has 0 aromatic carbocycles. The van der Waals surface area contributed by atoms with Gasteiger partial charge in [-0.2, -0.15) is 15.0 Å². The number of aliphatic hydroxyl groups excluding tert-OH is 6. The van der Waals surface area contributed by atoms with Crippen LogP contribution in [0.15, 0.2) is 9.98 Å². The van der Waals surface area contributed by atoms with Gasteiger partial charge in [0, 0.05) is 7.05 Å². The van der Waals surface area contributed by atoms with E-state index in [-0.39, 0.29) is 22.8 Å². The van der Waals surface area contributed by atoms with Gasteiger partial charge in [0.2, 0.25) is 16.5 Å². The number of hydrogen-bond acceptors (Lipinski definition) is 18. The molecule has 24 heteroatoms. The van der Waals surface area contributed by atoms with Gasteiger partial charge in [-0.3, -0.25) is 4.79 Å². The summed E-state index contributed by atoms with van der Waals surface area (Å²) < 4.78 is 23.5. The van der Waals surface area contributed by atoms with Crippen molar-refractivity contribution in [3.8, 4) is 0 Å². The van der Waals surface area contributed by atoms with E-state index in [4.69, 9.17) is 65.1 Å². The van der Waals surface area contributed by atoms with E-state index in [9.17, 15) is 40.5 Å². The van der Waals surface area contributed by atoms with Gasteiger partial charge < -0.3 is 82.5 Å². The van der Waals surface area contributed by atoms with Crippen molar-refractivity contribution in [1.82, 2.24) is 15.0 Å². The Morgan fingerprint density at radius 1 is 0.896 bits per heavy atom. The topological polar surface area (TPSA) is 366 Å². The van der Waals surface area contributed by atoms with Crippen molar-refractivity contribution in [1.29, 1.82) is 0 Å². The number of carbonyl (C=O) groups is 1. The molecule has 4 rings (SSSR count). The molecule has 15 N–H and O–H groups in total. The number of nitrogens with two attached hydrogens (primary N) is 4. The molecule has 0 unspecified atom stereocenters. The van der Waals surface area contributed by atoms with E-state index in [2.05, 4.69) is 24.9 Å². The highest BCUT2D eigenvalue weighted by Crippen LogP contribution is 2.39. The van der Waals surface area contributed by atoms with Gasteiger partial charge in [0.1, 0.15) is 67.0 Å². The molecule has 0 spiro atoms. The minimum Gasteiger partial charge on any atom is -0.394 e. The largest absolute Gasteiger partial charge is 0.394 e.